The molecule has 1 heterocycles. The van der Waals surface area contributed by atoms with E-state index in [0.29, 0.717) is 12.5 Å². The highest BCUT2D eigenvalue weighted by atomic mass is 16.3. The van der Waals surface area contributed by atoms with Gasteiger partial charge in [0.1, 0.15) is 0 Å². The maximum absolute atomic E-state index is 10.6. The molecule has 20 heavy (non-hydrogen) atoms. The lowest BCUT2D eigenvalue weighted by Crippen LogP contribution is -2.44. The normalized spacial score (nSPS) is 26.9. The molecule has 1 aliphatic rings. The van der Waals surface area contributed by atoms with E-state index in [4.69, 9.17) is 0 Å². The largest absolute Gasteiger partial charge is 0.389 e. The zero-order valence-corrected chi connectivity index (χ0v) is 13.2. The molecule has 0 amide bonds. The van der Waals surface area contributed by atoms with Crippen LogP contribution < -0.4 is 5.32 Å². The lowest BCUT2D eigenvalue weighted by molar-refractivity contribution is -0.0120. The van der Waals surface area contributed by atoms with Gasteiger partial charge >= 0.3 is 0 Å². The third-order valence-corrected chi connectivity index (χ3v) is 4.40. The van der Waals surface area contributed by atoms with E-state index in [2.05, 4.69) is 41.9 Å². The first-order valence-electron chi connectivity index (χ1n) is 8.05. The number of nitrogens with zero attached hydrogens (tertiary/aromatic N) is 2. The summed E-state index contributed by atoms with van der Waals surface area (Å²) in [5.41, 5.74) is 1.85. The third kappa shape index (κ3) is 3.83. The van der Waals surface area contributed by atoms with Crippen molar-refractivity contribution in [3.8, 4) is 0 Å². The van der Waals surface area contributed by atoms with E-state index in [0.717, 1.165) is 44.5 Å². The van der Waals surface area contributed by atoms with Gasteiger partial charge in [-0.1, -0.05) is 26.7 Å². The molecule has 2 atom stereocenters. The van der Waals surface area contributed by atoms with Crippen LogP contribution in [0.4, 0.5) is 0 Å². The number of aryl methyl sites for hydroxylation is 2. The van der Waals surface area contributed by atoms with Crippen LogP contribution in [0.5, 0.6) is 0 Å². The van der Waals surface area contributed by atoms with Gasteiger partial charge < -0.3 is 10.4 Å². The van der Waals surface area contributed by atoms with Crippen molar-refractivity contribution in [3.63, 3.8) is 0 Å². The van der Waals surface area contributed by atoms with Gasteiger partial charge in [0.15, 0.2) is 0 Å². The molecule has 0 spiro atoms. The van der Waals surface area contributed by atoms with Crippen LogP contribution in [0.1, 0.15) is 57.8 Å². The Labute approximate surface area is 122 Å². The van der Waals surface area contributed by atoms with Crippen LogP contribution in [0.15, 0.2) is 6.07 Å². The summed E-state index contributed by atoms with van der Waals surface area (Å²) in [6.45, 7) is 8.87. The molecule has 0 bridgehead atoms. The molecule has 0 aliphatic heterocycles. The highest BCUT2D eigenvalue weighted by Gasteiger charge is 2.32. The van der Waals surface area contributed by atoms with Crippen LogP contribution >= 0.6 is 0 Å². The Bertz CT molecular complexity index is 429. The van der Waals surface area contributed by atoms with Crippen LogP contribution in [-0.2, 0) is 19.5 Å². The summed E-state index contributed by atoms with van der Waals surface area (Å²) >= 11 is 0. The fourth-order valence-corrected chi connectivity index (χ4v) is 3.32. The van der Waals surface area contributed by atoms with Crippen molar-refractivity contribution in [1.29, 1.82) is 0 Å². The average molecular weight is 279 g/mol. The van der Waals surface area contributed by atoms with E-state index in [9.17, 15) is 5.11 Å². The molecule has 2 unspecified atom stereocenters. The number of aromatic nitrogens is 2. The van der Waals surface area contributed by atoms with Crippen molar-refractivity contribution in [2.45, 2.75) is 71.6 Å². The second-order valence-corrected chi connectivity index (χ2v) is 6.33. The van der Waals surface area contributed by atoms with Gasteiger partial charge in [-0.2, -0.15) is 5.10 Å². The average Bonchev–Trinajstić information content (AvgIpc) is 2.80. The molecule has 4 nitrogen and oxygen atoms in total. The van der Waals surface area contributed by atoms with E-state index in [-0.39, 0.29) is 0 Å². The van der Waals surface area contributed by atoms with Crippen molar-refractivity contribution in [3.05, 3.63) is 17.5 Å². The standard InChI is InChI=1S/C16H29N3O/c1-4-14-9-15(19(5-2)18-14)11-17-12-16(20)8-6-7-13(3)10-16/h9,13,17,20H,4-8,10-12H2,1-3H3. The first-order chi connectivity index (χ1) is 9.56. The minimum absolute atomic E-state index is 0.512. The SMILES string of the molecule is CCc1cc(CNCC2(O)CCCC(C)C2)n(CC)n1. The second-order valence-electron chi connectivity index (χ2n) is 6.33. The Morgan fingerprint density at radius 3 is 2.95 bits per heavy atom. The minimum atomic E-state index is -0.512. The van der Waals surface area contributed by atoms with Crippen molar-refractivity contribution in [1.82, 2.24) is 15.1 Å². The summed E-state index contributed by atoms with van der Waals surface area (Å²) in [5, 5.41) is 18.6. The van der Waals surface area contributed by atoms with Crippen molar-refractivity contribution >= 4 is 0 Å². The predicted molar refractivity (Wildman–Crippen MR) is 81.6 cm³/mol. The lowest BCUT2D eigenvalue weighted by atomic mass is 9.79. The first-order valence-corrected chi connectivity index (χ1v) is 8.05. The molecule has 1 aromatic rings. The van der Waals surface area contributed by atoms with Gasteiger partial charge in [-0.15, -0.1) is 0 Å². The van der Waals surface area contributed by atoms with Crippen LogP contribution in [0, 0.1) is 5.92 Å². The van der Waals surface area contributed by atoms with E-state index in [1.807, 2.05) is 0 Å². The maximum atomic E-state index is 10.6. The summed E-state index contributed by atoms with van der Waals surface area (Å²) < 4.78 is 2.05. The van der Waals surface area contributed by atoms with Gasteiger partial charge in [-0.3, -0.25) is 4.68 Å². The molecule has 0 saturated heterocycles. The predicted octanol–water partition coefficient (Wildman–Crippen LogP) is 2.50. The van der Waals surface area contributed by atoms with Crippen molar-refractivity contribution < 1.29 is 5.11 Å². The third-order valence-electron chi connectivity index (χ3n) is 4.40. The Morgan fingerprint density at radius 1 is 1.50 bits per heavy atom. The quantitative estimate of drug-likeness (QED) is 0.841. The van der Waals surface area contributed by atoms with Crippen LogP contribution in [0.25, 0.3) is 0 Å². The van der Waals surface area contributed by atoms with Gasteiger partial charge in [0, 0.05) is 19.6 Å². The zero-order chi connectivity index (χ0) is 14.6. The molecular weight excluding hydrogens is 250 g/mol. The molecular formula is C16H29N3O. The second kappa shape index (κ2) is 6.72. The van der Waals surface area contributed by atoms with Gasteiger partial charge in [-0.05, 0) is 38.2 Å². The molecule has 1 aliphatic carbocycles. The molecule has 2 rings (SSSR count). The Morgan fingerprint density at radius 2 is 2.30 bits per heavy atom. The van der Waals surface area contributed by atoms with Crippen molar-refractivity contribution in [2.75, 3.05) is 6.54 Å². The van der Waals surface area contributed by atoms with E-state index in [1.165, 1.54) is 12.1 Å². The number of hydrogen-bond donors (Lipinski definition) is 2. The molecule has 1 saturated carbocycles. The van der Waals surface area contributed by atoms with E-state index >= 15 is 0 Å². The number of rotatable bonds is 6. The van der Waals surface area contributed by atoms with E-state index < -0.39 is 5.60 Å². The zero-order valence-electron chi connectivity index (χ0n) is 13.2. The van der Waals surface area contributed by atoms with Gasteiger partial charge in [0.2, 0.25) is 0 Å². The van der Waals surface area contributed by atoms with Gasteiger partial charge in [0.25, 0.3) is 0 Å². The molecule has 4 heteroatoms. The smallest absolute Gasteiger partial charge is 0.0774 e. The topological polar surface area (TPSA) is 50.1 Å². The Kier molecular flexibility index (Phi) is 5.22. The maximum Gasteiger partial charge on any atom is 0.0774 e. The summed E-state index contributed by atoms with van der Waals surface area (Å²) in [4.78, 5) is 0. The molecule has 2 N–H and O–H groups in total. The highest BCUT2D eigenvalue weighted by molar-refractivity contribution is 5.10. The molecule has 0 aromatic carbocycles. The van der Waals surface area contributed by atoms with Crippen LogP contribution in [0.3, 0.4) is 0 Å². The molecule has 0 radical (unpaired) electrons. The van der Waals surface area contributed by atoms with Crippen LogP contribution in [0.2, 0.25) is 0 Å². The van der Waals surface area contributed by atoms with Crippen molar-refractivity contribution in [2.24, 2.45) is 5.92 Å². The fraction of sp³-hybridized carbons (Fsp3) is 0.812. The number of aliphatic hydroxyl groups is 1. The summed E-state index contributed by atoms with van der Waals surface area (Å²) in [6, 6.07) is 2.17. The Hall–Kier alpha value is -0.870. The number of nitrogens with one attached hydrogen (secondary N) is 1. The molecule has 114 valence electrons. The molecule has 1 aromatic heterocycles. The van der Waals surface area contributed by atoms with Gasteiger partial charge in [-0.25, -0.2) is 0 Å². The summed E-state index contributed by atoms with van der Waals surface area (Å²) in [7, 11) is 0. The highest BCUT2D eigenvalue weighted by Crippen LogP contribution is 2.31. The lowest BCUT2D eigenvalue weighted by Gasteiger charge is -2.35. The monoisotopic (exact) mass is 279 g/mol. The minimum Gasteiger partial charge on any atom is -0.389 e. The Balaban J connectivity index is 1.87. The van der Waals surface area contributed by atoms with Crippen LogP contribution in [-0.4, -0.2) is 27.0 Å². The fourth-order valence-electron chi connectivity index (χ4n) is 3.32. The van der Waals surface area contributed by atoms with Gasteiger partial charge in [0.05, 0.1) is 17.0 Å². The summed E-state index contributed by atoms with van der Waals surface area (Å²) in [5.74, 6) is 0.642. The van der Waals surface area contributed by atoms with E-state index in [1.54, 1.807) is 0 Å². The first kappa shape index (κ1) is 15.5. The number of hydrogen-bond acceptors (Lipinski definition) is 3. The molecule has 1 fully saturated rings. The summed E-state index contributed by atoms with van der Waals surface area (Å²) in [6.07, 6.45) is 5.23.